The topological polar surface area (TPSA) is 25.8 Å². The molecule has 2 aromatic rings. The van der Waals surface area contributed by atoms with E-state index in [0.29, 0.717) is 5.56 Å². The van der Waals surface area contributed by atoms with Gasteiger partial charge in [0.2, 0.25) is 0 Å². The summed E-state index contributed by atoms with van der Waals surface area (Å²) < 4.78 is 13.4. The summed E-state index contributed by atoms with van der Waals surface area (Å²) in [6.45, 7) is 1.93. The third-order valence-corrected chi connectivity index (χ3v) is 2.02. The molecule has 0 saturated heterocycles. The average Bonchev–Trinajstić information content (AvgIpc) is 2.23. The van der Waals surface area contributed by atoms with E-state index in [4.69, 9.17) is 0 Å². The number of nitrogens with zero attached hydrogens (tertiary/aromatic N) is 2. The van der Waals surface area contributed by atoms with Crippen LogP contribution in [0, 0.1) is 12.7 Å². The first-order chi connectivity index (χ1) is 6.77. The minimum atomic E-state index is -0.233. The molecule has 2 nitrogen and oxygen atoms in total. The molecule has 0 aliphatic carbocycles. The van der Waals surface area contributed by atoms with Crippen LogP contribution in [0.25, 0.3) is 11.1 Å². The van der Waals surface area contributed by atoms with Crippen molar-refractivity contribution in [2.24, 2.45) is 0 Å². The molecule has 0 aliphatic rings. The van der Waals surface area contributed by atoms with E-state index >= 15 is 0 Å². The summed E-state index contributed by atoms with van der Waals surface area (Å²) in [5.41, 5.74) is 2.35. The number of benzene rings is 1. The molecule has 1 aromatic carbocycles. The van der Waals surface area contributed by atoms with E-state index in [1.807, 2.05) is 6.92 Å². The molecule has 0 N–H and O–H groups in total. The maximum atomic E-state index is 13.4. The highest BCUT2D eigenvalue weighted by atomic mass is 19.1. The van der Waals surface area contributed by atoms with Gasteiger partial charge in [0.1, 0.15) is 5.82 Å². The summed E-state index contributed by atoms with van der Waals surface area (Å²) in [5.74, 6) is -0.233. The summed E-state index contributed by atoms with van der Waals surface area (Å²) in [4.78, 5) is 0. The number of halogens is 1. The molecule has 70 valence electrons. The van der Waals surface area contributed by atoms with E-state index in [0.717, 1.165) is 11.1 Å². The fraction of sp³-hybridized carbons (Fsp3) is 0.0909. The number of aromatic nitrogens is 2. The van der Waals surface area contributed by atoms with Gasteiger partial charge in [-0.25, -0.2) is 4.39 Å². The first-order valence-corrected chi connectivity index (χ1v) is 4.30. The molecular formula is C11H9FN2. The van der Waals surface area contributed by atoms with Gasteiger partial charge in [-0.05, 0) is 25.1 Å². The highest BCUT2D eigenvalue weighted by Gasteiger charge is 2.04. The lowest BCUT2D eigenvalue weighted by atomic mass is 10.1. The van der Waals surface area contributed by atoms with E-state index in [2.05, 4.69) is 10.2 Å². The second kappa shape index (κ2) is 3.54. The van der Waals surface area contributed by atoms with Crippen molar-refractivity contribution in [3.63, 3.8) is 0 Å². The monoisotopic (exact) mass is 188 g/mol. The number of hydrogen-bond donors (Lipinski definition) is 0. The predicted octanol–water partition coefficient (Wildman–Crippen LogP) is 2.59. The van der Waals surface area contributed by atoms with Gasteiger partial charge in [-0.2, -0.15) is 10.2 Å². The fourth-order valence-corrected chi connectivity index (χ4v) is 1.31. The smallest absolute Gasteiger partial charge is 0.131 e. The molecule has 2 rings (SSSR count). The Labute approximate surface area is 81.4 Å². The van der Waals surface area contributed by atoms with Crippen LogP contribution in [0.15, 0.2) is 36.7 Å². The Bertz CT molecular complexity index is 440. The highest BCUT2D eigenvalue weighted by molar-refractivity contribution is 5.63. The largest absolute Gasteiger partial charge is 0.206 e. The van der Waals surface area contributed by atoms with Crippen molar-refractivity contribution >= 4 is 0 Å². The molecule has 0 radical (unpaired) electrons. The van der Waals surface area contributed by atoms with Crippen LogP contribution in [0.2, 0.25) is 0 Å². The molecule has 0 aliphatic heterocycles. The van der Waals surface area contributed by atoms with Gasteiger partial charge in [0.25, 0.3) is 0 Å². The van der Waals surface area contributed by atoms with Gasteiger partial charge in [-0.3, -0.25) is 0 Å². The third kappa shape index (κ3) is 1.62. The zero-order chi connectivity index (χ0) is 9.97. The van der Waals surface area contributed by atoms with Gasteiger partial charge in [0.15, 0.2) is 0 Å². The van der Waals surface area contributed by atoms with Crippen LogP contribution in [-0.2, 0) is 0 Å². The maximum Gasteiger partial charge on any atom is 0.131 e. The van der Waals surface area contributed by atoms with Crippen molar-refractivity contribution in [3.8, 4) is 11.1 Å². The Kier molecular flexibility index (Phi) is 2.23. The zero-order valence-corrected chi connectivity index (χ0v) is 7.74. The summed E-state index contributed by atoms with van der Waals surface area (Å²) in [6, 6.07) is 6.75. The first kappa shape index (κ1) is 8.81. The van der Waals surface area contributed by atoms with Crippen LogP contribution in [0.3, 0.4) is 0 Å². The normalized spacial score (nSPS) is 10.1. The van der Waals surface area contributed by atoms with Crippen molar-refractivity contribution in [2.45, 2.75) is 6.92 Å². The lowest BCUT2D eigenvalue weighted by molar-refractivity contribution is 0.631. The van der Waals surface area contributed by atoms with Crippen LogP contribution in [-0.4, -0.2) is 10.2 Å². The number of aryl methyl sites for hydroxylation is 1. The van der Waals surface area contributed by atoms with E-state index in [-0.39, 0.29) is 5.82 Å². The second-order valence-corrected chi connectivity index (χ2v) is 3.11. The second-order valence-electron chi connectivity index (χ2n) is 3.11. The molecular weight excluding hydrogens is 179 g/mol. The zero-order valence-electron chi connectivity index (χ0n) is 7.74. The molecule has 1 aromatic heterocycles. The Morgan fingerprint density at radius 3 is 2.71 bits per heavy atom. The van der Waals surface area contributed by atoms with Crippen molar-refractivity contribution in [3.05, 3.63) is 48.0 Å². The molecule has 0 saturated carbocycles. The quantitative estimate of drug-likeness (QED) is 0.687. The van der Waals surface area contributed by atoms with Gasteiger partial charge in [-0.1, -0.05) is 11.6 Å². The Morgan fingerprint density at radius 1 is 1.14 bits per heavy atom. The van der Waals surface area contributed by atoms with Gasteiger partial charge >= 0.3 is 0 Å². The minimum absolute atomic E-state index is 0.233. The highest BCUT2D eigenvalue weighted by Crippen LogP contribution is 2.22. The number of hydrogen-bond acceptors (Lipinski definition) is 2. The SMILES string of the molecule is Cc1ccc(F)c(-c2ccnnc2)c1. The van der Waals surface area contributed by atoms with Crippen molar-refractivity contribution < 1.29 is 4.39 Å². The molecule has 0 amide bonds. The van der Waals surface area contributed by atoms with Crippen LogP contribution in [0.5, 0.6) is 0 Å². The maximum absolute atomic E-state index is 13.4. The lowest BCUT2D eigenvalue weighted by Gasteiger charge is -2.03. The Morgan fingerprint density at radius 2 is 2.00 bits per heavy atom. The summed E-state index contributed by atoms with van der Waals surface area (Å²) in [6.07, 6.45) is 3.11. The standard InChI is InChI=1S/C11H9FN2/c1-8-2-3-11(12)10(6-8)9-4-5-13-14-7-9/h2-7H,1H3. The molecule has 0 atom stereocenters. The first-order valence-electron chi connectivity index (χ1n) is 4.30. The van der Waals surface area contributed by atoms with E-state index in [1.54, 1.807) is 30.6 Å². The van der Waals surface area contributed by atoms with Crippen molar-refractivity contribution in [2.75, 3.05) is 0 Å². The molecule has 0 spiro atoms. The van der Waals surface area contributed by atoms with E-state index < -0.39 is 0 Å². The molecule has 3 heteroatoms. The number of rotatable bonds is 1. The van der Waals surface area contributed by atoms with Gasteiger partial charge in [0, 0.05) is 11.1 Å². The molecule has 1 heterocycles. The summed E-state index contributed by atoms with van der Waals surface area (Å²) in [7, 11) is 0. The minimum Gasteiger partial charge on any atom is -0.206 e. The Hall–Kier alpha value is -1.77. The van der Waals surface area contributed by atoms with Crippen molar-refractivity contribution in [1.82, 2.24) is 10.2 Å². The van der Waals surface area contributed by atoms with Gasteiger partial charge in [-0.15, -0.1) is 0 Å². The fourth-order valence-electron chi connectivity index (χ4n) is 1.31. The van der Waals surface area contributed by atoms with E-state index in [1.165, 1.54) is 6.07 Å². The van der Waals surface area contributed by atoms with Crippen LogP contribution < -0.4 is 0 Å². The van der Waals surface area contributed by atoms with Gasteiger partial charge < -0.3 is 0 Å². The van der Waals surface area contributed by atoms with Crippen molar-refractivity contribution in [1.29, 1.82) is 0 Å². The van der Waals surface area contributed by atoms with Crippen LogP contribution in [0.4, 0.5) is 4.39 Å². The van der Waals surface area contributed by atoms with E-state index in [9.17, 15) is 4.39 Å². The average molecular weight is 188 g/mol. The van der Waals surface area contributed by atoms with Crippen LogP contribution in [0.1, 0.15) is 5.56 Å². The Balaban J connectivity index is 2.57. The molecule has 0 fully saturated rings. The predicted molar refractivity (Wildman–Crippen MR) is 52.2 cm³/mol. The molecule has 14 heavy (non-hydrogen) atoms. The molecule has 0 bridgehead atoms. The summed E-state index contributed by atoms with van der Waals surface area (Å²) >= 11 is 0. The molecule has 0 unspecified atom stereocenters. The van der Waals surface area contributed by atoms with Gasteiger partial charge in [0.05, 0.1) is 12.4 Å². The van der Waals surface area contributed by atoms with Crippen LogP contribution >= 0.6 is 0 Å². The summed E-state index contributed by atoms with van der Waals surface area (Å²) in [5, 5.41) is 7.37. The lowest BCUT2D eigenvalue weighted by Crippen LogP contribution is -1.87. The third-order valence-electron chi connectivity index (χ3n) is 2.02.